The summed E-state index contributed by atoms with van der Waals surface area (Å²) >= 11 is 0. The van der Waals surface area contributed by atoms with Gasteiger partial charge < -0.3 is 21.3 Å². The molecule has 2 fully saturated rings. The molecular formula is C12H20N4O3. The van der Waals surface area contributed by atoms with Crippen molar-refractivity contribution in [2.75, 3.05) is 26.2 Å². The second-order valence-corrected chi connectivity index (χ2v) is 5.06. The summed E-state index contributed by atoms with van der Waals surface area (Å²) < 4.78 is 0. The Kier molecular flexibility index (Phi) is 4.36. The highest BCUT2D eigenvalue weighted by molar-refractivity contribution is 5.89. The topological polar surface area (TPSA) is 105 Å². The molecule has 0 aromatic heterocycles. The molecule has 0 saturated carbocycles. The quantitative estimate of drug-likeness (QED) is 0.561. The largest absolute Gasteiger partial charge is 0.369 e. The average molecular weight is 268 g/mol. The highest BCUT2D eigenvalue weighted by Crippen LogP contribution is 2.17. The van der Waals surface area contributed by atoms with E-state index in [2.05, 4.69) is 10.6 Å². The molecule has 2 aliphatic heterocycles. The number of rotatable bonds is 3. The molecule has 7 heteroatoms. The smallest absolute Gasteiger partial charge is 0.237 e. The van der Waals surface area contributed by atoms with Gasteiger partial charge in [0, 0.05) is 32.1 Å². The van der Waals surface area contributed by atoms with Crippen LogP contribution >= 0.6 is 0 Å². The van der Waals surface area contributed by atoms with Gasteiger partial charge in [0.1, 0.15) is 0 Å². The van der Waals surface area contributed by atoms with Crippen molar-refractivity contribution in [2.24, 2.45) is 11.7 Å². The minimum Gasteiger partial charge on any atom is -0.369 e. The third kappa shape index (κ3) is 3.44. The molecule has 2 saturated heterocycles. The van der Waals surface area contributed by atoms with Crippen molar-refractivity contribution in [3.8, 4) is 0 Å². The van der Waals surface area contributed by atoms with Gasteiger partial charge in [0.25, 0.3) is 0 Å². The van der Waals surface area contributed by atoms with Crippen molar-refractivity contribution in [3.63, 3.8) is 0 Å². The Labute approximate surface area is 111 Å². The van der Waals surface area contributed by atoms with E-state index in [1.54, 1.807) is 4.90 Å². The summed E-state index contributed by atoms with van der Waals surface area (Å²) in [4.78, 5) is 36.4. The van der Waals surface area contributed by atoms with Crippen LogP contribution in [-0.4, -0.2) is 54.8 Å². The third-order valence-electron chi connectivity index (χ3n) is 3.76. The first kappa shape index (κ1) is 13.8. The van der Waals surface area contributed by atoms with E-state index in [1.807, 2.05) is 0 Å². The summed E-state index contributed by atoms with van der Waals surface area (Å²) in [6, 6.07) is -0.435. The molecule has 0 radical (unpaired) electrons. The highest BCUT2D eigenvalue weighted by atomic mass is 16.2. The average Bonchev–Trinajstić information content (AvgIpc) is 2.41. The van der Waals surface area contributed by atoms with Crippen LogP contribution in [0.2, 0.25) is 0 Å². The number of primary amides is 1. The van der Waals surface area contributed by atoms with Crippen LogP contribution in [-0.2, 0) is 14.4 Å². The summed E-state index contributed by atoms with van der Waals surface area (Å²) in [5.41, 5.74) is 5.25. The van der Waals surface area contributed by atoms with Crippen molar-refractivity contribution < 1.29 is 14.4 Å². The fraction of sp³-hybridized carbons (Fsp3) is 0.750. The molecule has 2 rings (SSSR count). The molecular weight excluding hydrogens is 248 g/mol. The second kappa shape index (κ2) is 6.01. The lowest BCUT2D eigenvalue weighted by Gasteiger charge is -2.32. The Hall–Kier alpha value is -1.63. The van der Waals surface area contributed by atoms with Gasteiger partial charge in [-0.25, -0.2) is 0 Å². The SMILES string of the molecule is NC(=O)C1CCN(C(=O)CC2NCCNC2=O)CC1. The molecule has 1 atom stereocenters. The standard InChI is InChI=1S/C12H20N4O3/c13-11(18)8-1-5-16(6-2-8)10(17)7-9-12(19)15-4-3-14-9/h8-9,14H,1-7H2,(H2,13,18)(H,15,19). The Morgan fingerprint density at radius 2 is 1.95 bits per heavy atom. The van der Waals surface area contributed by atoms with Crippen molar-refractivity contribution in [2.45, 2.75) is 25.3 Å². The van der Waals surface area contributed by atoms with Gasteiger partial charge in [0.2, 0.25) is 17.7 Å². The number of nitrogens with one attached hydrogen (secondary N) is 2. The van der Waals surface area contributed by atoms with E-state index in [-0.39, 0.29) is 30.1 Å². The minimum absolute atomic E-state index is 0.0440. The number of amides is 3. The van der Waals surface area contributed by atoms with Gasteiger partial charge >= 0.3 is 0 Å². The summed E-state index contributed by atoms with van der Waals surface area (Å²) in [6.07, 6.45) is 1.41. The first-order valence-electron chi connectivity index (χ1n) is 6.66. The lowest BCUT2D eigenvalue weighted by atomic mass is 9.96. The Morgan fingerprint density at radius 3 is 2.53 bits per heavy atom. The maximum atomic E-state index is 12.1. The molecule has 7 nitrogen and oxygen atoms in total. The predicted octanol–water partition coefficient (Wildman–Crippen LogP) is -1.81. The highest BCUT2D eigenvalue weighted by Gasteiger charge is 2.29. The normalized spacial score (nSPS) is 24.9. The summed E-state index contributed by atoms with van der Waals surface area (Å²) in [5, 5.41) is 5.76. The maximum Gasteiger partial charge on any atom is 0.237 e. The van der Waals surface area contributed by atoms with E-state index in [1.165, 1.54) is 0 Å². The Bertz CT molecular complexity index is 377. The van der Waals surface area contributed by atoms with E-state index in [4.69, 9.17) is 5.73 Å². The zero-order valence-electron chi connectivity index (χ0n) is 10.9. The number of carbonyl (C=O) groups is 3. The number of hydrogen-bond donors (Lipinski definition) is 3. The van der Waals surface area contributed by atoms with Crippen molar-refractivity contribution in [3.05, 3.63) is 0 Å². The summed E-state index contributed by atoms with van der Waals surface area (Å²) in [5.74, 6) is -0.579. The van der Waals surface area contributed by atoms with Crippen molar-refractivity contribution in [1.82, 2.24) is 15.5 Å². The Balaban J connectivity index is 1.81. The maximum absolute atomic E-state index is 12.1. The van der Waals surface area contributed by atoms with Crippen LogP contribution in [0.4, 0.5) is 0 Å². The van der Waals surface area contributed by atoms with Gasteiger partial charge in [-0.15, -0.1) is 0 Å². The lowest BCUT2D eigenvalue weighted by Crippen LogP contribution is -2.55. The van der Waals surface area contributed by atoms with Crippen LogP contribution in [0.1, 0.15) is 19.3 Å². The number of nitrogens with two attached hydrogens (primary N) is 1. The fourth-order valence-electron chi connectivity index (χ4n) is 2.53. The zero-order chi connectivity index (χ0) is 13.8. The van der Waals surface area contributed by atoms with Gasteiger partial charge in [-0.05, 0) is 12.8 Å². The zero-order valence-corrected chi connectivity index (χ0v) is 10.9. The number of piperazine rings is 1. The van der Waals surface area contributed by atoms with Crippen molar-refractivity contribution >= 4 is 17.7 Å². The van der Waals surface area contributed by atoms with Crippen LogP contribution in [0.25, 0.3) is 0 Å². The molecule has 106 valence electrons. The van der Waals surface area contributed by atoms with Crippen molar-refractivity contribution in [1.29, 1.82) is 0 Å². The van der Waals surface area contributed by atoms with Crippen LogP contribution in [0.3, 0.4) is 0 Å². The van der Waals surface area contributed by atoms with Gasteiger partial charge in [-0.2, -0.15) is 0 Å². The summed E-state index contributed by atoms with van der Waals surface area (Å²) in [6.45, 7) is 2.38. The molecule has 1 unspecified atom stereocenters. The molecule has 0 aromatic rings. The first-order chi connectivity index (χ1) is 9.08. The summed E-state index contributed by atoms with van der Waals surface area (Å²) in [7, 11) is 0. The molecule has 3 amide bonds. The number of piperidine rings is 1. The molecule has 4 N–H and O–H groups in total. The number of likely N-dealkylation sites (tertiary alicyclic amines) is 1. The van der Waals surface area contributed by atoms with E-state index >= 15 is 0 Å². The monoisotopic (exact) mass is 268 g/mol. The number of carbonyl (C=O) groups excluding carboxylic acids is 3. The molecule has 0 aliphatic carbocycles. The van der Waals surface area contributed by atoms with E-state index in [0.717, 1.165) is 0 Å². The third-order valence-corrected chi connectivity index (χ3v) is 3.76. The van der Waals surface area contributed by atoms with Crippen LogP contribution < -0.4 is 16.4 Å². The minimum atomic E-state index is -0.435. The molecule has 2 heterocycles. The molecule has 2 aliphatic rings. The van der Waals surface area contributed by atoms with E-state index in [9.17, 15) is 14.4 Å². The van der Waals surface area contributed by atoms with Gasteiger partial charge in [0.15, 0.2) is 0 Å². The molecule has 0 spiro atoms. The van der Waals surface area contributed by atoms with Crippen LogP contribution in [0.15, 0.2) is 0 Å². The van der Waals surface area contributed by atoms with E-state index < -0.39 is 6.04 Å². The molecule has 0 bridgehead atoms. The second-order valence-electron chi connectivity index (χ2n) is 5.06. The molecule has 19 heavy (non-hydrogen) atoms. The fourth-order valence-corrected chi connectivity index (χ4v) is 2.53. The van der Waals surface area contributed by atoms with Crippen LogP contribution in [0.5, 0.6) is 0 Å². The van der Waals surface area contributed by atoms with Gasteiger partial charge in [0.05, 0.1) is 12.5 Å². The number of nitrogens with zero attached hydrogens (tertiary/aromatic N) is 1. The lowest BCUT2D eigenvalue weighted by molar-refractivity contribution is -0.137. The molecule has 0 aromatic carbocycles. The van der Waals surface area contributed by atoms with Gasteiger partial charge in [-0.3, -0.25) is 14.4 Å². The first-order valence-corrected chi connectivity index (χ1v) is 6.66. The number of hydrogen-bond acceptors (Lipinski definition) is 4. The predicted molar refractivity (Wildman–Crippen MR) is 67.9 cm³/mol. The Morgan fingerprint density at radius 1 is 1.26 bits per heavy atom. The van der Waals surface area contributed by atoms with Crippen LogP contribution in [0, 0.1) is 5.92 Å². The van der Waals surface area contributed by atoms with E-state index in [0.29, 0.717) is 39.0 Å². The van der Waals surface area contributed by atoms with Gasteiger partial charge in [-0.1, -0.05) is 0 Å².